The van der Waals surface area contributed by atoms with Gasteiger partial charge in [0, 0.05) is 20.0 Å². The van der Waals surface area contributed by atoms with Crippen LogP contribution in [0.25, 0.3) is 0 Å². The van der Waals surface area contributed by atoms with Crippen molar-refractivity contribution in [3.8, 4) is 0 Å². The maximum Gasteiger partial charge on any atom is 0.433 e. The lowest BCUT2D eigenvalue weighted by molar-refractivity contribution is -0.141. The Bertz CT molecular complexity index is 1230. The van der Waals surface area contributed by atoms with Crippen molar-refractivity contribution in [2.24, 2.45) is 17.8 Å². The van der Waals surface area contributed by atoms with E-state index >= 15 is 0 Å². The molecule has 2 aromatic rings. The fraction of sp³-hybridized carbons (Fsp3) is 0.593. The van der Waals surface area contributed by atoms with Gasteiger partial charge < -0.3 is 15.1 Å². The van der Waals surface area contributed by atoms with Crippen LogP contribution in [0, 0.1) is 24.7 Å². The van der Waals surface area contributed by atoms with Crippen LogP contribution in [0.1, 0.15) is 74.8 Å². The first-order valence-corrected chi connectivity index (χ1v) is 12.2. The first-order chi connectivity index (χ1) is 16.9. The molecule has 1 fully saturated rings. The van der Waals surface area contributed by atoms with Crippen molar-refractivity contribution in [2.45, 2.75) is 73.6 Å². The van der Waals surface area contributed by atoms with Crippen LogP contribution in [-0.4, -0.2) is 51.3 Å². The fourth-order valence-electron chi connectivity index (χ4n) is 5.67. The summed E-state index contributed by atoms with van der Waals surface area (Å²) in [7, 11) is 1.88. The zero-order valence-corrected chi connectivity index (χ0v) is 22.2. The van der Waals surface area contributed by atoms with Gasteiger partial charge in [-0.2, -0.15) is 26.7 Å². The molecular formula is C27H39F3N6O2S. The van der Waals surface area contributed by atoms with Crippen molar-refractivity contribution in [1.82, 2.24) is 19.9 Å². The average Bonchev–Trinajstić information content (AvgIpc) is 3.07. The van der Waals surface area contributed by atoms with Gasteiger partial charge in [0.25, 0.3) is 5.91 Å². The number of aryl methyl sites for hydroxylation is 1. The lowest BCUT2D eigenvalue weighted by atomic mass is 9.73. The van der Waals surface area contributed by atoms with Gasteiger partial charge in [0.1, 0.15) is 23.2 Å². The lowest BCUT2D eigenvalue weighted by Gasteiger charge is -2.38. The molecule has 4 heterocycles. The SMILES string of the molecule is C.C.Cc1nc(CC2CC(CN3Cc4nc(C(F)(F)F)ccc4C3=O)C2)nc2c1NC(=O)[C@H](C(C)C)N2C.S. The zero-order chi connectivity index (χ0) is 25.9. The summed E-state index contributed by atoms with van der Waals surface area (Å²) in [6, 6.07) is 1.80. The normalized spacial score (nSPS) is 21.7. The Hall–Kier alpha value is -2.89. The predicted molar refractivity (Wildman–Crippen MR) is 150 cm³/mol. The number of nitrogens with zero attached hydrogens (tertiary/aromatic N) is 5. The number of amides is 2. The van der Waals surface area contributed by atoms with E-state index in [0.29, 0.717) is 24.6 Å². The zero-order valence-electron chi connectivity index (χ0n) is 21.2. The number of halogens is 3. The van der Waals surface area contributed by atoms with Gasteiger partial charge in [0.05, 0.1) is 23.5 Å². The molecule has 2 amide bonds. The van der Waals surface area contributed by atoms with Crippen molar-refractivity contribution in [3.05, 3.63) is 40.6 Å². The minimum atomic E-state index is -4.53. The number of alkyl halides is 3. The summed E-state index contributed by atoms with van der Waals surface area (Å²) < 4.78 is 38.9. The number of likely N-dealkylation sites (N-methyl/N-ethyl adjacent to an activating group) is 1. The number of aromatic nitrogens is 3. The molecule has 1 atom stereocenters. The Morgan fingerprint density at radius 2 is 1.74 bits per heavy atom. The number of anilines is 2. The summed E-state index contributed by atoms with van der Waals surface area (Å²) in [5.41, 5.74) is 0.876. The monoisotopic (exact) mass is 568 g/mol. The maximum atomic E-state index is 13.0. The highest BCUT2D eigenvalue weighted by Gasteiger charge is 2.39. The first kappa shape index (κ1) is 32.3. The van der Waals surface area contributed by atoms with Gasteiger partial charge in [0.2, 0.25) is 5.91 Å². The molecule has 5 rings (SSSR count). The molecule has 1 aliphatic carbocycles. The largest absolute Gasteiger partial charge is 0.433 e. The van der Waals surface area contributed by atoms with Crippen LogP contribution in [0.5, 0.6) is 0 Å². The molecule has 0 unspecified atom stereocenters. The van der Waals surface area contributed by atoms with E-state index in [1.807, 2.05) is 32.7 Å². The van der Waals surface area contributed by atoms with E-state index in [1.54, 1.807) is 4.90 Å². The molecule has 2 aromatic heterocycles. The molecule has 3 aliphatic rings. The van der Waals surface area contributed by atoms with Crippen molar-refractivity contribution in [2.75, 3.05) is 23.8 Å². The quantitative estimate of drug-likeness (QED) is 0.532. The Labute approximate surface area is 235 Å². The van der Waals surface area contributed by atoms with Gasteiger partial charge in [-0.15, -0.1) is 0 Å². The number of nitrogens with one attached hydrogen (secondary N) is 1. The van der Waals surface area contributed by atoms with Gasteiger partial charge in [-0.1, -0.05) is 28.7 Å². The van der Waals surface area contributed by atoms with Gasteiger partial charge in [-0.3, -0.25) is 9.59 Å². The highest BCUT2D eigenvalue weighted by atomic mass is 32.1. The van der Waals surface area contributed by atoms with E-state index in [9.17, 15) is 22.8 Å². The number of carbonyl (C=O) groups is 2. The standard InChI is InChI=1S/C25H29F3N6O2.2CH4.H2S/c1-12(2)21-23(35)32-20-13(3)29-19(31-22(20)33(21)4)9-14-7-15(8-14)10-34-11-17-16(24(34)36)5-6-18(30-17)25(26,27)28;;;/h5-6,12,14-15,21H,7-11H2,1-4H3,(H,32,35);2*1H4;1H2/t14?,15?,21-;;;/m0.../s1. The average molecular weight is 569 g/mol. The highest BCUT2D eigenvalue weighted by molar-refractivity contribution is 7.59. The number of pyridine rings is 1. The minimum absolute atomic E-state index is 0. The second kappa shape index (κ2) is 11.7. The second-order valence-electron chi connectivity index (χ2n) is 10.5. The number of hydrogen-bond donors (Lipinski definition) is 1. The van der Waals surface area contributed by atoms with E-state index in [1.165, 1.54) is 6.07 Å². The van der Waals surface area contributed by atoms with Crippen molar-refractivity contribution >= 4 is 36.8 Å². The summed E-state index contributed by atoms with van der Waals surface area (Å²) in [6.07, 6.45) is -2.05. The molecule has 1 N–H and O–H groups in total. The van der Waals surface area contributed by atoms with Crippen LogP contribution in [0.15, 0.2) is 12.1 Å². The van der Waals surface area contributed by atoms with Gasteiger partial charge in [-0.05, 0) is 49.7 Å². The molecule has 8 nitrogen and oxygen atoms in total. The van der Waals surface area contributed by atoms with Crippen molar-refractivity contribution in [1.29, 1.82) is 0 Å². The summed E-state index contributed by atoms with van der Waals surface area (Å²) in [4.78, 5) is 41.8. The van der Waals surface area contributed by atoms with Gasteiger partial charge in [-0.25, -0.2) is 15.0 Å². The second-order valence-corrected chi connectivity index (χ2v) is 10.5. The Morgan fingerprint density at radius 1 is 1.08 bits per heavy atom. The van der Waals surface area contributed by atoms with Crippen LogP contribution >= 0.6 is 13.5 Å². The molecule has 2 aliphatic heterocycles. The topological polar surface area (TPSA) is 91.3 Å². The van der Waals surface area contributed by atoms with Crippen LogP contribution in [0.3, 0.4) is 0 Å². The summed E-state index contributed by atoms with van der Waals surface area (Å²) in [5, 5.41) is 2.96. The molecule has 0 bridgehead atoms. The Morgan fingerprint density at radius 3 is 2.36 bits per heavy atom. The van der Waals surface area contributed by atoms with E-state index in [0.717, 1.165) is 36.2 Å². The Balaban J connectivity index is 0.00000178. The number of fused-ring (bicyclic) bond motifs is 2. The van der Waals surface area contributed by atoms with Crippen LogP contribution in [0.4, 0.5) is 24.7 Å². The third-order valence-electron chi connectivity index (χ3n) is 7.42. The summed E-state index contributed by atoms with van der Waals surface area (Å²) in [6.45, 7) is 6.49. The molecular weight excluding hydrogens is 529 g/mol. The summed E-state index contributed by atoms with van der Waals surface area (Å²) >= 11 is 0. The molecule has 12 heteroatoms. The molecule has 39 heavy (non-hydrogen) atoms. The van der Waals surface area contributed by atoms with Crippen LogP contribution in [0.2, 0.25) is 0 Å². The molecule has 0 radical (unpaired) electrons. The van der Waals surface area contributed by atoms with Crippen molar-refractivity contribution < 1.29 is 22.8 Å². The maximum absolute atomic E-state index is 13.0. The first-order valence-electron chi connectivity index (χ1n) is 12.2. The van der Waals surface area contributed by atoms with Crippen LogP contribution in [-0.2, 0) is 23.9 Å². The van der Waals surface area contributed by atoms with E-state index in [2.05, 4.69) is 15.3 Å². The number of rotatable bonds is 5. The number of hydrogen-bond acceptors (Lipinski definition) is 6. The minimum Gasteiger partial charge on any atom is -0.346 e. The van der Waals surface area contributed by atoms with E-state index < -0.39 is 11.9 Å². The van der Waals surface area contributed by atoms with Gasteiger partial charge >= 0.3 is 6.18 Å². The molecule has 216 valence electrons. The molecule has 0 saturated heterocycles. The van der Waals surface area contributed by atoms with E-state index in [-0.39, 0.29) is 75.8 Å². The van der Waals surface area contributed by atoms with E-state index in [4.69, 9.17) is 4.98 Å². The summed E-state index contributed by atoms with van der Waals surface area (Å²) in [5.74, 6) is 1.93. The van der Waals surface area contributed by atoms with Crippen LogP contribution < -0.4 is 10.2 Å². The Kier molecular flexibility index (Phi) is 9.69. The van der Waals surface area contributed by atoms with Crippen molar-refractivity contribution in [3.63, 3.8) is 0 Å². The van der Waals surface area contributed by atoms with Gasteiger partial charge in [0.15, 0.2) is 5.82 Å². The third kappa shape index (κ3) is 6.00. The number of carbonyl (C=O) groups excluding carboxylic acids is 2. The molecule has 0 aromatic carbocycles. The fourth-order valence-corrected chi connectivity index (χ4v) is 5.67. The smallest absolute Gasteiger partial charge is 0.346 e. The highest BCUT2D eigenvalue weighted by Crippen LogP contribution is 2.39. The molecule has 1 saturated carbocycles. The third-order valence-corrected chi connectivity index (χ3v) is 7.42. The predicted octanol–water partition coefficient (Wildman–Crippen LogP) is 5.22. The lowest BCUT2D eigenvalue weighted by Crippen LogP contribution is -2.49. The molecule has 0 spiro atoms.